The van der Waals surface area contributed by atoms with Crippen LogP contribution >= 0.6 is 0 Å². The molecule has 0 amide bonds. The fraction of sp³-hybridized carbons (Fsp3) is 0.0755. The molecule has 312 valence electrons. The van der Waals surface area contributed by atoms with Crippen LogP contribution in [0, 0.1) is 0 Å². The lowest BCUT2D eigenvalue weighted by molar-refractivity contribution is 0.0697. The molecule has 63 heavy (non-hydrogen) atoms. The van der Waals surface area contributed by atoms with Crippen molar-refractivity contribution in [2.45, 2.75) is 0 Å². The lowest BCUT2D eigenvalue weighted by Gasteiger charge is -2.26. The summed E-state index contributed by atoms with van der Waals surface area (Å²) in [6, 6.07) is 53.0. The van der Waals surface area contributed by atoms with Gasteiger partial charge in [-0.25, -0.2) is 14.8 Å². The standard InChI is InChI=1S/C53H44N4O6/c1-60-45-24-16-41(17-25-45)56(42-18-26-46(61-2)27-19-42)39-12-5-36(6-13-39)9-32-49-50(55-52-35-38(53(58)59)11-34-51(52)54-49)33-10-37-7-14-40(15-8-37)57(43-20-28-47(62-3)29-21-43)44-22-30-48(63-4)31-23-44/h5-35H,1-4H3,(H,58,59)/b32-9+,33-10+. The molecule has 0 aliphatic heterocycles. The zero-order valence-corrected chi connectivity index (χ0v) is 35.2. The number of hydrogen-bond acceptors (Lipinski definition) is 9. The highest BCUT2D eigenvalue weighted by Crippen LogP contribution is 2.38. The van der Waals surface area contributed by atoms with E-state index in [1.165, 1.54) is 0 Å². The Bertz CT molecular complexity index is 2780. The van der Waals surface area contributed by atoms with Gasteiger partial charge in [-0.3, -0.25) is 0 Å². The Morgan fingerprint density at radius 2 is 0.714 bits per heavy atom. The number of nitrogens with zero attached hydrogens (tertiary/aromatic N) is 4. The molecule has 10 nitrogen and oxygen atoms in total. The highest BCUT2D eigenvalue weighted by molar-refractivity contribution is 5.93. The van der Waals surface area contributed by atoms with Crippen LogP contribution in [0.25, 0.3) is 35.3 Å². The molecule has 0 aliphatic rings. The fourth-order valence-electron chi connectivity index (χ4n) is 7.10. The minimum atomic E-state index is -1.03. The molecule has 1 heterocycles. The number of benzene rings is 7. The van der Waals surface area contributed by atoms with Crippen molar-refractivity contribution in [2.75, 3.05) is 38.2 Å². The van der Waals surface area contributed by atoms with E-state index in [0.717, 1.165) is 68.2 Å². The molecule has 0 bridgehead atoms. The van der Waals surface area contributed by atoms with E-state index < -0.39 is 5.97 Å². The summed E-state index contributed by atoms with van der Waals surface area (Å²) in [6.45, 7) is 0. The zero-order valence-electron chi connectivity index (χ0n) is 35.2. The van der Waals surface area contributed by atoms with Crippen LogP contribution in [-0.4, -0.2) is 49.5 Å². The molecular weight excluding hydrogens is 789 g/mol. The molecule has 0 saturated heterocycles. The first-order valence-electron chi connectivity index (χ1n) is 20.1. The topological polar surface area (TPSA) is 106 Å². The van der Waals surface area contributed by atoms with Gasteiger partial charge in [-0.1, -0.05) is 36.4 Å². The van der Waals surface area contributed by atoms with Gasteiger partial charge in [-0.2, -0.15) is 0 Å². The molecule has 0 radical (unpaired) electrons. The highest BCUT2D eigenvalue weighted by atomic mass is 16.5. The number of carbonyl (C=O) groups is 1. The maximum Gasteiger partial charge on any atom is 0.335 e. The minimum absolute atomic E-state index is 0.141. The van der Waals surface area contributed by atoms with Crippen molar-refractivity contribution in [2.24, 2.45) is 0 Å². The number of aromatic nitrogens is 2. The van der Waals surface area contributed by atoms with Gasteiger partial charge >= 0.3 is 5.97 Å². The highest BCUT2D eigenvalue weighted by Gasteiger charge is 2.15. The Balaban J connectivity index is 1.10. The maximum absolute atomic E-state index is 11.9. The van der Waals surface area contributed by atoms with Gasteiger partial charge in [0.15, 0.2) is 0 Å². The molecule has 1 N–H and O–H groups in total. The van der Waals surface area contributed by atoms with E-state index in [1.54, 1.807) is 46.6 Å². The van der Waals surface area contributed by atoms with Crippen molar-refractivity contribution in [1.29, 1.82) is 0 Å². The Labute approximate surface area is 366 Å². The van der Waals surface area contributed by atoms with Gasteiger partial charge in [-0.05, 0) is 163 Å². The molecule has 1 aromatic heterocycles. The number of methoxy groups -OCH3 is 4. The summed E-state index contributed by atoms with van der Waals surface area (Å²) in [5, 5.41) is 9.71. The summed E-state index contributed by atoms with van der Waals surface area (Å²) >= 11 is 0. The monoisotopic (exact) mass is 832 g/mol. The molecule has 0 aliphatic carbocycles. The number of rotatable bonds is 15. The molecule has 10 heteroatoms. The van der Waals surface area contributed by atoms with E-state index in [-0.39, 0.29) is 5.56 Å². The summed E-state index contributed by atoms with van der Waals surface area (Å²) in [6.07, 6.45) is 7.81. The van der Waals surface area contributed by atoms with Gasteiger partial charge in [0.2, 0.25) is 0 Å². The largest absolute Gasteiger partial charge is 0.497 e. The average Bonchev–Trinajstić information content (AvgIpc) is 3.34. The summed E-state index contributed by atoms with van der Waals surface area (Å²) in [5.74, 6) is 2.07. The Hall–Kier alpha value is -8.37. The second kappa shape index (κ2) is 18.9. The number of carboxylic acid groups (broad SMARTS) is 1. The van der Waals surface area contributed by atoms with Crippen molar-refractivity contribution in [3.63, 3.8) is 0 Å². The van der Waals surface area contributed by atoms with Gasteiger partial charge in [0.1, 0.15) is 23.0 Å². The Morgan fingerprint density at radius 1 is 0.413 bits per heavy atom. The summed E-state index contributed by atoms with van der Waals surface area (Å²) in [5.41, 5.74) is 10.1. The van der Waals surface area contributed by atoms with Crippen LogP contribution < -0.4 is 28.7 Å². The number of anilines is 6. The van der Waals surface area contributed by atoms with Crippen molar-refractivity contribution >= 4 is 75.4 Å². The molecular formula is C53H44N4O6. The number of aromatic carboxylic acids is 1. The van der Waals surface area contributed by atoms with Gasteiger partial charge in [0.25, 0.3) is 0 Å². The number of carboxylic acids is 1. The molecule has 0 fully saturated rings. The third-order valence-corrected chi connectivity index (χ3v) is 10.5. The van der Waals surface area contributed by atoms with Crippen LogP contribution in [0.3, 0.4) is 0 Å². The van der Waals surface area contributed by atoms with E-state index in [1.807, 2.05) is 133 Å². The van der Waals surface area contributed by atoms with Gasteiger partial charge in [-0.15, -0.1) is 0 Å². The zero-order chi connectivity index (χ0) is 43.7. The molecule has 0 spiro atoms. The predicted octanol–water partition coefficient (Wildman–Crippen LogP) is 12.6. The second-order valence-corrected chi connectivity index (χ2v) is 14.3. The molecule has 8 aromatic rings. The first-order chi connectivity index (χ1) is 30.8. The lowest BCUT2D eigenvalue weighted by atomic mass is 10.1. The third kappa shape index (κ3) is 9.51. The Morgan fingerprint density at radius 3 is 1.02 bits per heavy atom. The first kappa shape index (κ1) is 41.4. The summed E-state index contributed by atoms with van der Waals surface area (Å²) in [4.78, 5) is 26.0. The quantitative estimate of drug-likeness (QED) is 0.107. The van der Waals surface area contributed by atoms with Gasteiger partial charge < -0.3 is 33.9 Å². The molecule has 0 atom stereocenters. The summed E-state index contributed by atoms with van der Waals surface area (Å²) < 4.78 is 21.7. The first-order valence-corrected chi connectivity index (χ1v) is 20.1. The van der Waals surface area contributed by atoms with Crippen LogP contribution in [0.15, 0.2) is 164 Å². The maximum atomic E-state index is 11.9. The van der Waals surface area contributed by atoms with Gasteiger partial charge in [0.05, 0.1) is 56.4 Å². The van der Waals surface area contributed by atoms with E-state index in [2.05, 4.69) is 46.2 Å². The number of fused-ring (bicyclic) bond motifs is 1. The predicted molar refractivity (Wildman–Crippen MR) is 253 cm³/mol. The number of ether oxygens (including phenoxy) is 4. The minimum Gasteiger partial charge on any atom is -0.497 e. The molecule has 7 aromatic carbocycles. The third-order valence-electron chi connectivity index (χ3n) is 10.5. The van der Waals surface area contributed by atoms with Crippen LogP contribution in [0.1, 0.15) is 32.9 Å². The van der Waals surface area contributed by atoms with E-state index in [9.17, 15) is 9.90 Å². The fourth-order valence-corrected chi connectivity index (χ4v) is 7.10. The molecule has 8 rings (SSSR count). The van der Waals surface area contributed by atoms with E-state index in [4.69, 9.17) is 28.9 Å². The summed E-state index contributed by atoms with van der Waals surface area (Å²) in [7, 11) is 6.62. The second-order valence-electron chi connectivity index (χ2n) is 14.3. The Kier molecular flexibility index (Phi) is 12.4. The van der Waals surface area contributed by atoms with Crippen molar-refractivity contribution in [3.8, 4) is 23.0 Å². The van der Waals surface area contributed by atoms with E-state index in [0.29, 0.717) is 22.4 Å². The molecule has 0 unspecified atom stereocenters. The van der Waals surface area contributed by atoms with Crippen LogP contribution in [0.2, 0.25) is 0 Å². The molecule has 0 saturated carbocycles. The van der Waals surface area contributed by atoms with Gasteiger partial charge in [0, 0.05) is 34.1 Å². The number of hydrogen-bond donors (Lipinski definition) is 1. The van der Waals surface area contributed by atoms with Crippen molar-refractivity contribution in [1.82, 2.24) is 9.97 Å². The lowest BCUT2D eigenvalue weighted by Crippen LogP contribution is -2.09. The normalized spacial score (nSPS) is 11.2. The van der Waals surface area contributed by atoms with Crippen molar-refractivity contribution in [3.05, 3.63) is 192 Å². The van der Waals surface area contributed by atoms with Crippen molar-refractivity contribution < 1.29 is 28.8 Å². The average molecular weight is 833 g/mol. The van der Waals surface area contributed by atoms with E-state index >= 15 is 0 Å². The smallest absolute Gasteiger partial charge is 0.335 e. The SMILES string of the molecule is COc1ccc(N(c2ccc(/C=C/c3nc4ccc(C(=O)O)cc4nc3/C=C/c3ccc(N(c4ccc(OC)cc4)c4ccc(OC)cc4)cc3)cc2)c2ccc(OC)cc2)cc1. The van der Waals surface area contributed by atoms with Crippen LogP contribution in [-0.2, 0) is 0 Å². The van der Waals surface area contributed by atoms with Crippen LogP contribution in [0.5, 0.6) is 23.0 Å². The van der Waals surface area contributed by atoms with Crippen LogP contribution in [0.4, 0.5) is 34.1 Å².